The molecular weight excluding hydrogens is 242 g/mol. The lowest BCUT2D eigenvalue weighted by Crippen LogP contribution is -2.45. The van der Waals surface area contributed by atoms with E-state index in [4.69, 9.17) is 0 Å². The summed E-state index contributed by atoms with van der Waals surface area (Å²) in [6.07, 6.45) is 1.69. The first-order valence-corrected chi connectivity index (χ1v) is 6.42. The van der Waals surface area contributed by atoms with E-state index in [-0.39, 0.29) is 5.78 Å². The molecule has 3 rings (SSSR count). The summed E-state index contributed by atoms with van der Waals surface area (Å²) in [4.78, 5) is 27.3. The number of H-pyrrole nitrogens is 1. The molecule has 0 bridgehead atoms. The highest BCUT2D eigenvalue weighted by molar-refractivity contribution is 6.19. The standard InChI is InChI=1S/C15H15NO3/c1-9-12(10-5-2-3-6-11(10)16-9)13(17)15(14(18)19)7-4-8-15/h2-3,5-6,16H,4,7-8H2,1H3,(H,18,19). The van der Waals surface area contributed by atoms with Crippen LogP contribution in [0.4, 0.5) is 0 Å². The third-order valence-electron chi connectivity index (χ3n) is 4.17. The Labute approximate surface area is 110 Å². The lowest BCUT2D eigenvalue weighted by Gasteiger charge is -2.36. The monoisotopic (exact) mass is 257 g/mol. The van der Waals surface area contributed by atoms with E-state index in [1.165, 1.54) is 0 Å². The molecule has 0 aliphatic heterocycles. The molecule has 0 amide bonds. The molecule has 4 nitrogen and oxygen atoms in total. The van der Waals surface area contributed by atoms with E-state index in [0.717, 1.165) is 23.0 Å². The molecule has 1 fully saturated rings. The van der Waals surface area contributed by atoms with E-state index in [9.17, 15) is 14.7 Å². The smallest absolute Gasteiger partial charge is 0.317 e. The summed E-state index contributed by atoms with van der Waals surface area (Å²) in [5, 5.41) is 10.2. The van der Waals surface area contributed by atoms with E-state index in [1.54, 1.807) is 0 Å². The normalized spacial score (nSPS) is 17.1. The number of para-hydroxylation sites is 1. The van der Waals surface area contributed by atoms with Gasteiger partial charge >= 0.3 is 5.97 Å². The molecule has 0 saturated heterocycles. The van der Waals surface area contributed by atoms with Gasteiger partial charge in [0.05, 0.1) is 0 Å². The molecule has 19 heavy (non-hydrogen) atoms. The van der Waals surface area contributed by atoms with Crippen LogP contribution in [-0.4, -0.2) is 21.8 Å². The molecule has 1 aliphatic rings. The van der Waals surface area contributed by atoms with Crippen LogP contribution in [0.15, 0.2) is 24.3 Å². The molecule has 0 radical (unpaired) electrons. The first-order valence-electron chi connectivity index (χ1n) is 6.42. The fourth-order valence-electron chi connectivity index (χ4n) is 2.88. The van der Waals surface area contributed by atoms with Crippen molar-refractivity contribution in [3.63, 3.8) is 0 Å². The van der Waals surface area contributed by atoms with Gasteiger partial charge in [-0.05, 0) is 25.8 Å². The number of benzene rings is 1. The molecule has 98 valence electrons. The number of rotatable bonds is 3. The van der Waals surface area contributed by atoms with Crippen LogP contribution < -0.4 is 0 Å². The number of hydrogen-bond donors (Lipinski definition) is 2. The zero-order valence-corrected chi connectivity index (χ0v) is 10.7. The number of carbonyl (C=O) groups excluding carboxylic acids is 1. The molecule has 0 spiro atoms. The lowest BCUT2D eigenvalue weighted by molar-refractivity contribution is -0.150. The zero-order valence-electron chi connectivity index (χ0n) is 10.7. The number of carboxylic acids is 1. The van der Waals surface area contributed by atoms with Crippen molar-refractivity contribution in [1.82, 2.24) is 4.98 Å². The van der Waals surface area contributed by atoms with E-state index in [2.05, 4.69) is 4.98 Å². The molecular formula is C15H15NO3. The van der Waals surface area contributed by atoms with Crippen LogP contribution >= 0.6 is 0 Å². The van der Waals surface area contributed by atoms with Crippen LogP contribution in [0.2, 0.25) is 0 Å². The van der Waals surface area contributed by atoms with Gasteiger partial charge in [-0.1, -0.05) is 24.6 Å². The van der Waals surface area contributed by atoms with Crippen molar-refractivity contribution in [2.45, 2.75) is 26.2 Å². The van der Waals surface area contributed by atoms with Crippen molar-refractivity contribution in [3.05, 3.63) is 35.5 Å². The number of aliphatic carboxylic acids is 1. The average molecular weight is 257 g/mol. The molecule has 4 heteroatoms. The third kappa shape index (κ3) is 1.52. The van der Waals surface area contributed by atoms with Gasteiger partial charge < -0.3 is 10.1 Å². The van der Waals surface area contributed by atoms with Crippen molar-refractivity contribution in [1.29, 1.82) is 0 Å². The van der Waals surface area contributed by atoms with E-state index in [0.29, 0.717) is 18.4 Å². The molecule has 0 atom stereocenters. The number of aromatic nitrogens is 1. The number of Topliss-reactive ketones (excluding diaryl/α,β-unsaturated/α-hetero) is 1. The van der Waals surface area contributed by atoms with Crippen molar-refractivity contribution < 1.29 is 14.7 Å². The second-order valence-corrected chi connectivity index (χ2v) is 5.24. The first-order chi connectivity index (χ1) is 9.06. The van der Waals surface area contributed by atoms with E-state index in [1.807, 2.05) is 31.2 Å². The first kappa shape index (κ1) is 12.0. The maximum atomic E-state index is 12.7. The number of fused-ring (bicyclic) bond motifs is 1. The van der Waals surface area contributed by atoms with Crippen LogP contribution in [0.25, 0.3) is 10.9 Å². The lowest BCUT2D eigenvalue weighted by atomic mass is 9.64. The molecule has 0 unspecified atom stereocenters. The predicted octanol–water partition coefficient (Wildman–Crippen LogP) is 2.91. The second-order valence-electron chi connectivity index (χ2n) is 5.24. The SMILES string of the molecule is Cc1[nH]c2ccccc2c1C(=O)C1(C(=O)O)CCC1. The number of aromatic amines is 1. The van der Waals surface area contributed by atoms with Gasteiger partial charge in [0.2, 0.25) is 0 Å². The summed E-state index contributed by atoms with van der Waals surface area (Å²) in [7, 11) is 0. The number of carbonyl (C=O) groups is 2. The molecule has 2 aromatic rings. The summed E-state index contributed by atoms with van der Waals surface area (Å²) in [6, 6.07) is 7.51. The van der Waals surface area contributed by atoms with Gasteiger partial charge in [-0.3, -0.25) is 9.59 Å². The number of aryl methyl sites for hydroxylation is 1. The minimum Gasteiger partial charge on any atom is -0.480 e. The molecule has 2 N–H and O–H groups in total. The maximum absolute atomic E-state index is 12.7. The van der Waals surface area contributed by atoms with Gasteiger partial charge in [-0.25, -0.2) is 0 Å². The number of nitrogens with one attached hydrogen (secondary N) is 1. The molecule has 1 heterocycles. The van der Waals surface area contributed by atoms with E-state index < -0.39 is 11.4 Å². The average Bonchev–Trinajstić information content (AvgIpc) is 2.62. The zero-order chi connectivity index (χ0) is 13.6. The Kier molecular flexibility index (Phi) is 2.49. The van der Waals surface area contributed by atoms with Crippen LogP contribution in [0, 0.1) is 12.3 Å². The summed E-state index contributed by atoms with van der Waals surface area (Å²) in [6.45, 7) is 1.82. The van der Waals surface area contributed by atoms with Crippen LogP contribution in [-0.2, 0) is 4.79 Å². The maximum Gasteiger partial charge on any atom is 0.317 e. The number of hydrogen-bond acceptors (Lipinski definition) is 2. The Bertz CT molecular complexity index is 680. The number of ketones is 1. The summed E-state index contributed by atoms with van der Waals surface area (Å²) in [5.74, 6) is -1.24. The Morgan fingerprint density at radius 1 is 1.26 bits per heavy atom. The minimum atomic E-state index is -1.20. The molecule has 1 aromatic heterocycles. The Morgan fingerprint density at radius 2 is 1.95 bits per heavy atom. The van der Waals surface area contributed by atoms with Crippen molar-refractivity contribution in [3.8, 4) is 0 Å². The number of carboxylic acid groups (broad SMARTS) is 1. The van der Waals surface area contributed by atoms with Gasteiger partial charge in [0.25, 0.3) is 0 Å². The fourth-order valence-corrected chi connectivity index (χ4v) is 2.88. The topological polar surface area (TPSA) is 70.2 Å². The molecule has 1 aromatic carbocycles. The van der Waals surface area contributed by atoms with Crippen molar-refractivity contribution >= 4 is 22.7 Å². The summed E-state index contributed by atoms with van der Waals surface area (Å²) < 4.78 is 0. The van der Waals surface area contributed by atoms with Crippen LogP contribution in [0.5, 0.6) is 0 Å². The minimum absolute atomic E-state index is 0.249. The third-order valence-corrected chi connectivity index (χ3v) is 4.17. The Balaban J connectivity index is 2.17. The summed E-state index contributed by atoms with van der Waals surface area (Å²) in [5.41, 5.74) is 0.968. The van der Waals surface area contributed by atoms with Gasteiger partial charge in [-0.2, -0.15) is 0 Å². The highest BCUT2D eigenvalue weighted by atomic mass is 16.4. The Hall–Kier alpha value is -2.10. The summed E-state index contributed by atoms with van der Waals surface area (Å²) >= 11 is 0. The second kappa shape index (κ2) is 3.95. The van der Waals surface area contributed by atoms with Gasteiger partial charge in [0, 0.05) is 22.2 Å². The van der Waals surface area contributed by atoms with E-state index >= 15 is 0 Å². The fraction of sp³-hybridized carbons (Fsp3) is 0.333. The van der Waals surface area contributed by atoms with Crippen LogP contribution in [0.1, 0.15) is 35.3 Å². The van der Waals surface area contributed by atoms with Crippen molar-refractivity contribution in [2.75, 3.05) is 0 Å². The van der Waals surface area contributed by atoms with Crippen molar-refractivity contribution in [2.24, 2.45) is 5.41 Å². The molecule has 1 saturated carbocycles. The highest BCUT2D eigenvalue weighted by Crippen LogP contribution is 2.45. The van der Waals surface area contributed by atoms with Gasteiger partial charge in [0.15, 0.2) is 5.78 Å². The quantitative estimate of drug-likeness (QED) is 0.656. The van der Waals surface area contributed by atoms with Gasteiger partial charge in [0.1, 0.15) is 5.41 Å². The molecule has 1 aliphatic carbocycles. The highest BCUT2D eigenvalue weighted by Gasteiger charge is 2.52. The Morgan fingerprint density at radius 3 is 2.53 bits per heavy atom. The van der Waals surface area contributed by atoms with Crippen LogP contribution in [0.3, 0.4) is 0 Å². The predicted molar refractivity (Wildman–Crippen MR) is 71.3 cm³/mol. The largest absolute Gasteiger partial charge is 0.480 e. The van der Waals surface area contributed by atoms with Gasteiger partial charge in [-0.15, -0.1) is 0 Å².